The van der Waals surface area contributed by atoms with E-state index in [0.717, 1.165) is 23.7 Å². The van der Waals surface area contributed by atoms with E-state index in [1.165, 1.54) is 18.4 Å². The molecule has 0 heterocycles. The molecule has 2 rings (SSSR count). The summed E-state index contributed by atoms with van der Waals surface area (Å²) in [6.45, 7) is 18.8. The highest BCUT2D eigenvalue weighted by molar-refractivity contribution is 5.30. The molecular formula is C18H30. The summed E-state index contributed by atoms with van der Waals surface area (Å²) in [5, 5.41) is 0. The van der Waals surface area contributed by atoms with Gasteiger partial charge in [0.2, 0.25) is 0 Å². The molecule has 0 bridgehead atoms. The lowest BCUT2D eigenvalue weighted by Crippen LogP contribution is -2.48. The molecule has 4 atom stereocenters. The molecule has 2 aliphatic carbocycles. The predicted molar refractivity (Wildman–Crippen MR) is 80.4 cm³/mol. The third kappa shape index (κ3) is 1.80. The molecule has 18 heavy (non-hydrogen) atoms. The SMILES string of the molecule is C=C1C=CC2C(CCC(C)(C(C)C)C2C)C1(C)C. The molecule has 0 aliphatic heterocycles. The Kier molecular flexibility index (Phi) is 3.28. The quantitative estimate of drug-likeness (QED) is 0.576. The molecule has 102 valence electrons. The lowest BCUT2D eigenvalue weighted by Gasteiger charge is -2.55. The van der Waals surface area contributed by atoms with Crippen LogP contribution in [0.15, 0.2) is 24.3 Å². The summed E-state index contributed by atoms with van der Waals surface area (Å²) in [6.07, 6.45) is 7.49. The fraction of sp³-hybridized carbons (Fsp3) is 0.778. The summed E-state index contributed by atoms with van der Waals surface area (Å²) in [5.74, 6) is 3.08. The minimum Gasteiger partial charge on any atom is -0.0953 e. The van der Waals surface area contributed by atoms with Crippen molar-refractivity contribution in [2.75, 3.05) is 0 Å². The molecule has 2 aliphatic rings. The van der Waals surface area contributed by atoms with Crippen molar-refractivity contribution >= 4 is 0 Å². The third-order valence-corrected chi connectivity index (χ3v) is 6.67. The van der Waals surface area contributed by atoms with Crippen LogP contribution >= 0.6 is 0 Å². The average Bonchev–Trinajstić information content (AvgIpc) is 2.28. The van der Waals surface area contributed by atoms with Crippen LogP contribution in [0.5, 0.6) is 0 Å². The molecule has 0 nitrogen and oxygen atoms in total. The molecule has 0 amide bonds. The van der Waals surface area contributed by atoms with Gasteiger partial charge in [-0.2, -0.15) is 0 Å². The first-order valence-corrected chi connectivity index (χ1v) is 7.59. The smallest absolute Gasteiger partial charge is 0.00756 e. The first-order valence-electron chi connectivity index (χ1n) is 7.59. The van der Waals surface area contributed by atoms with Crippen molar-refractivity contribution in [1.29, 1.82) is 0 Å². The van der Waals surface area contributed by atoms with E-state index in [1.807, 2.05) is 0 Å². The number of rotatable bonds is 1. The summed E-state index contributed by atoms with van der Waals surface area (Å²) >= 11 is 0. The monoisotopic (exact) mass is 246 g/mol. The summed E-state index contributed by atoms with van der Waals surface area (Å²) in [7, 11) is 0. The Balaban J connectivity index is 2.35. The van der Waals surface area contributed by atoms with E-state index in [-0.39, 0.29) is 5.41 Å². The van der Waals surface area contributed by atoms with Crippen molar-refractivity contribution < 1.29 is 0 Å². The molecule has 0 saturated heterocycles. The Hall–Kier alpha value is -0.520. The summed E-state index contributed by atoms with van der Waals surface area (Å²) in [5.41, 5.74) is 2.11. The molecule has 0 N–H and O–H groups in total. The van der Waals surface area contributed by atoms with Gasteiger partial charge in [-0.15, -0.1) is 0 Å². The first-order chi connectivity index (χ1) is 8.21. The minimum absolute atomic E-state index is 0.284. The number of fused-ring (bicyclic) bond motifs is 1. The van der Waals surface area contributed by atoms with Crippen molar-refractivity contribution in [3.8, 4) is 0 Å². The van der Waals surface area contributed by atoms with E-state index >= 15 is 0 Å². The topological polar surface area (TPSA) is 0 Å². The van der Waals surface area contributed by atoms with Crippen molar-refractivity contribution in [1.82, 2.24) is 0 Å². The van der Waals surface area contributed by atoms with Gasteiger partial charge in [-0.1, -0.05) is 60.3 Å². The van der Waals surface area contributed by atoms with Gasteiger partial charge in [-0.3, -0.25) is 0 Å². The summed E-state index contributed by atoms with van der Waals surface area (Å²) < 4.78 is 0. The van der Waals surface area contributed by atoms with E-state index in [0.29, 0.717) is 5.41 Å². The third-order valence-electron chi connectivity index (χ3n) is 6.67. The zero-order valence-electron chi connectivity index (χ0n) is 13.1. The van der Waals surface area contributed by atoms with Crippen LogP contribution in [0.1, 0.15) is 54.4 Å². The Morgan fingerprint density at radius 3 is 2.44 bits per heavy atom. The van der Waals surface area contributed by atoms with Crippen molar-refractivity contribution in [3.05, 3.63) is 24.3 Å². The maximum Gasteiger partial charge on any atom is -0.00756 e. The molecule has 0 aromatic carbocycles. The van der Waals surface area contributed by atoms with Gasteiger partial charge in [0.05, 0.1) is 0 Å². The first kappa shape index (κ1) is 13.9. The van der Waals surface area contributed by atoms with Crippen LogP contribution in [0.3, 0.4) is 0 Å². The number of hydrogen-bond acceptors (Lipinski definition) is 0. The van der Waals surface area contributed by atoms with Crippen LogP contribution in [0.2, 0.25) is 0 Å². The van der Waals surface area contributed by atoms with Crippen molar-refractivity contribution in [3.63, 3.8) is 0 Å². The van der Waals surface area contributed by atoms with Crippen LogP contribution in [-0.2, 0) is 0 Å². The van der Waals surface area contributed by atoms with E-state index in [1.54, 1.807) is 0 Å². The number of hydrogen-bond donors (Lipinski definition) is 0. The molecule has 0 aromatic rings. The highest BCUT2D eigenvalue weighted by atomic mass is 14.5. The molecule has 1 fully saturated rings. The zero-order valence-corrected chi connectivity index (χ0v) is 13.1. The van der Waals surface area contributed by atoms with Crippen molar-refractivity contribution in [2.24, 2.45) is 34.5 Å². The van der Waals surface area contributed by atoms with Gasteiger partial charge in [0.1, 0.15) is 0 Å². The van der Waals surface area contributed by atoms with Crippen molar-refractivity contribution in [2.45, 2.75) is 54.4 Å². The second-order valence-corrected chi connectivity index (χ2v) is 7.78. The van der Waals surface area contributed by atoms with Gasteiger partial charge in [0, 0.05) is 0 Å². The number of allylic oxidation sites excluding steroid dienone is 3. The van der Waals surface area contributed by atoms with Gasteiger partial charge in [-0.25, -0.2) is 0 Å². The van der Waals surface area contributed by atoms with Gasteiger partial charge < -0.3 is 0 Å². The molecule has 0 heteroatoms. The summed E-state index contributed by atoms with van der Waals surface area (Å²) in [6, 6.07) is 0. The Morgan fingerprint density at radius 1 is 1.28 bits per heavy atom. The van der Waals surface area contributed by atoms with Gasteiger partial charge in [0.25, 0.3) is 0 Å². The maximum absolute atomic E-state index is 4.27. The van der Waals surface area contributed by atoms with Crippen LogP contribution < -0.4 is 0 Å². The van der Waals surface area contributed by atoms with E-state index < -0.39 is 0 Å². The Morgan fingerprint density at radius 2 is 1.89 bits per heavy atom. The second kappa shape index (κ2) is 4.25. The molecule has 1 saturated carbocycles. The molecule has 0 aromatic heterocycles. The van der Waals surface area contributed by atoms with Crippen LogP contribution in [-0.4, -0.2) is 0 Å². The van der Waals surface area contributed by atoms with Crippen LogP contribution in [0.4, 0.5) is 0 Å². The minimum atomic E-state index is 0.284. The highest BCUT2D eigenvalue weighted by Gasteiger charge is 2.50. The lowest BCUT2D eigenvalue weighted by atomic mass is 9.49. The highest BCUT2D eigenvalue weighted by Crippen LogP contribution is 2.58. The van der Waals surface area contributed by atoms with Gasteiger partial charge >= 0.3 is 0 Å². The fourth-order valence-corrected chi connectivity index (χ4v) is 4.31. The predicted octanol–water partition coefficient (Wildman–Crippen LogP) is 5.46. The molecule has 0 spiro atoms. The molecular weight excluding hydrogens is 216 g/mol. The van der Waals surface area contributed by atoms with Gasteiger partial charge in [-0.05, 0) is 52.9 Å². The van der Waals surface area contributed by atoms with E-state index in [9.17, 15) is 0 Å². The molecule has 4 unspecified atom stereocenters. The Labute approximate surface area is 114 Å². The summed E-state index contributed by atoms with van der Waals surface area (Å²) in [4.78, 5) is 0. The Bertz CT molecular complexity index is 371. The van der Waals surface area contributed by atoms with E-state index in [2.05, 4.69) is 60.3 Å². The fourth-order valence-electron chi connectivity index (χ4n) is 4.31. The maximum atomic E-state index is 4.27. The zero-order chi connectivity index (χ0) is 13.7. The van der Waals surface area contributed by atoms with E-state index in [4.69, 9.17) is 0 Å². The molecule has 0 radical (unpaired) electrons. The lowest BCUT2D eigenvalue weighted by molar-refractivity contribution is -0.0222. The van der Waals surface area contributed by atoms with Crippen LogP contribution in [0.25, 0.3) is 0 Å². The van der Waals surface area contributed by atoms with Gasteiger partial charge in [0.15, 0.2) is 0 Å². The average molecular weight is 246 g/mol. The standard InChI is InChI=1S/C18H30/c1-12(2)18(7)11-10-16-15(14(18)4)9-8-13(3)17(16,5)6/h8-9,12,14-16H,3,10-11H2,1-2,4-7H3. The normalized spacial score (nSPS) is 43.1. The van der Waals surface area contributed by atoms with Crippen LogP contribution in [0, 0.1) is 34.5 Å². The largest absolute Gasteiger partial charge is 0.0953 e. The second-order valence-electron chi connectivity index (χ2n) is 7.78.